The largest absolute Gasteiger partial charge is 0.373 e. The number of halogens is 1. The van der Waals surface area contributed by atoms with E-state index in [2.05, 4.69) is 15.3 Å². The summed E-state index contributed by atoms with van der Waals surface area (Å²) in [6.45, 7) is 1.85. The molecule has 0 unspecified atom stereocenters. The minimum absolute atomic E-state index is 0.272. The van der Waals surface area contributed by atoms with Gasteiger partial charge < -0.3 is 5.32 Å². The molecule has 0 radical (unpaired) electrons. The molecule has 4 nitrogen and oxygen atoms in total. The van der Waals surface area contributed by atoms with Gasteiger partial charge in [-0.2, -0.15) is 5.26 Å². The molecule has 18 heavy (non-hydrogen) atoms. The Morgan fingerprint density at radius 3 is 2.72 bits per heavy atom. The number of benzene rings is 1. The zero-order chi connectivity index (χ0) is 13.1. The van der Waals surface area contributed by atoms with Crippen molar-refractivity contribution in [1.29, 1.82) is 5.26 Å². The van der Waals surface area contributed by atoms with Crippen molar-refractivity contribution in [3.63, 3.8) is 0 Å². The van der Waals surface area contributed by atoms with Crippen molar-refractivity contribution in [1.82, 2.24) is 9.97 Å². The number of nitrogens with one attached hydrogen (secondary N) is 1. The number of aromatic nitrogens is 2. The molecule has 0 saturated carbocycles. The molecule has 2 rings (SSSR count). The molecular weight excluding hydrogens is 231 g/mol. The van der Waals surface area contributed by atoms with Gasteiger partial charge in [0.15, 0.2) is 0 Å². The van der Waals surface area contributed by atoms with E-state index in [1.54, 1.807) is 13.1 Å². The first kappa shape index (κ1) is 12.0. The average molecular weight is 242 g/mol. The fourth-order valence-electron chi connectivity index (χ4n) is 1.78. The first-order chi connectivity index (χ1) is 8.65. The molecule has 0 amide bonds. The quantitative estimate of drug-likeness (QED) is 0.878. The average Bonchev–Trinajstić information content (AvgIpc) is 2.38. The minimum atomic E-state index is -0.451. The van der Waals surface area contributed by atoms with E-state index in [1.807, 2.05) is 13.0 Å². The third-order valence-corrected chi connectivity index (χ3v) is 2.62. The van der Waals surface area contributed by atoms with Crippen LogP contribution in [0.3, 0.4) is 0 Å². The van der Waals surface area contributed by atoms with E-state index in [4.69, 9.17) is 5.26 Å². The van der Waals surface area contributed by atoms with Crippen LogP contribution in [0.4, 0.5) is 10.2 Å². The van der Waals surface area contributed by atoms with Gasteiger partial charge in [-0.05, 0) is 25.1 Å². The summed E-state index contributed by atoms with van der Waals surface area (Å²) in [6, 6.07) is 6.09. The van der Waals surface area contributed by atoms with Crippen LogP contribution < -0.4 is 5.32 Å². The highest BCUT2D eigenvalue weighted by Crippen LogP contribution is 2.25. The lowest BCUT2D eigenvalue weighted by Crippen LogP contribution is -1.99. The normalized spacial score (nSPS) is 9.89. The standard InChI is InChI=1S/C13H11FN4/c1-8-12(17-7-18-13(8)16-2)10-3-9(6-15)4-11(14)5-10/h3-5,7H,1-2H3,(H,16,17,18). The van der Waals surface area contributed by atoms with E-state index in [9.17, 15) is 4.39 Å². The maximum absolute atomic E-state index is 13.4. The van der Waals surface area contributed by atoms with Gasteiger partial charge in [0, 0.05) is 18.2 Å². The third kappa shape index (κ3) is 2.13. The highest BCUT2D eigenvalue weighted by atomic mass is 19.1. The Kier molecular flexibility index (Phi) is 3.20. The van der Waals surface area contributed by atoms with Crippen molar-refractivity contribution in [2.45, 2.75) is 6.92 Å². The highest BCUT2D eigenvalue weighted by Gasteiger charge is 2.10. The molecule has 1 aromatic heterocycles. The number of hydrogen-bond acceptors (Lipinski definition) is 4. The van der Waals surface area contributed by atoms with Gasteiger partial charge in [0.1, 0.15) is 18.0 Å². The zero-order valence-corrected chi connectivity index (χ0v) is 10.0. The van der Waals surface area contributed by atoms with Crippen LogP contribution in [0.25, 0.3) is 11.3 Å². The van der Waals surface area contributed by atoms with Crippen LogP contribution in [0.2, 0.25) is 0 Å². The molecule has 0 saturated heterocycles. The van der Waals surface area contributed by atoms with E-state index in [-0.39, 0.29) is 5.56 Å². The predicted molar refractivity (Wildman–Crippen MR) is 66.4 cm³/mol. The number of anilines is 1. The summed E-state index contributed by atoms with van der Waals surface area (Å²) < 4.78 is 13.4. The topological polar surface area (TPSA) is 61.6 Å². The molecule has 1 aromatic carbocycles. The summed E-state index contributed by atoms with van der Waals surface area (Å²) in [4.78, 5) is 8.21. The monoisotopic (exact) mass is 242 g/mol. The van der Waals surface area contributed by atoms with Crippen molar-refractivity contribution in [3.8, 4) is 17.3 Å². The Morgan fingerprint density at radius 1 is 1.28 bits per heavy atom. The van der Waals surface area contributed by atoms with Crippen LogP contribution in [-0.2, 0) is 0 Å². The fraction of sp³-hybridized carbons (Fsp3) is 0.154. The third-order valence-electron chi connectivity index (χ3n) is 2.62. The molecule has 90 valence electrons. The van der Waals surface area contributed by atoms with E-state index in [0.29, 0.717) is 17.1 Å². The smallest absolute Gasteiger partial charge is 0.132 e. The first-order valence-corrected chi connectivity index (χ1v) is 5.36. The summed E-state index contributed by atoms with van der Waals surface area (Å²) in [7, 11) is 1.76. The van der Waals surface area contributed by atoms with Gasteiger partial charge in [-0.3, -0.25) is 0 Å². The zero-order valence-electron chi connectivity index (χ0n) is 10.0. The van der Waals surface area contributed by atoms with Gasteiger partial charge in [0.25, 0.3) is 0 Å². The summed E-state index contributed by atoms with van der Waals surface area (Å²) in [5.74, 6) is 0.232. The van der Waals surface area contributed by atoms with Crippen LogP contribution in [-0.4, -0.2) is 17.0 Å². The lowest BCUT2D eigenvalue weighted by molar-refractivity contribution is 0.628. The summed E-state index contributed by atoms with van der Waals surface area (Å²) in [5, 5.41) is 11.8. The van der Waals surface area contributed by atoms with Gasteiger partial charge in [-0.25, -0.2) is 14.4 Å². The van der Waals surface area contributed by atoms with Gasteiger partial charge in [-0.1, -0.05) is 0 Å². The van der Waals surface area contributed by atoms with Crippen LogP contribution in [0, 0.1) is 24.1 Å². The molecule has 0 aliphatic heterocycles. The first-order valence-electron chi connectivity index (χ1n) is 5.36. The van der Waals surface area contributed by atoms with E-state index >= 15 is 0 Å². The van der Waals surface area contributed by atoms with Crippen molar-refractivity contribution in [3.05, 3.63) is 41.5 Å². The predicted octanol–water partition coefficient (Wildman–Crippen LogP) is 2.50. The maximum Gasteiger partial charge on any atom is 0.132 e. The SMILES string of the molecule is CNc1ncnc(-c2cc(F)cc(C#N)c2)c1C. The molecule has 5 heteroatoms. The van der Waals surface area contributed by atoms with Crippen molar-refractivity contribution in [2.75, 3.05) is 12.4 Å². The van der Waals surface area contributed by atoms with Gasteiger partial charge >= 0.3 is 0 Å². The van der Waals surface area contributed by atoms with Crippen molar-refractivity contribution >= 4 is 5.82 Å². The second-order valence-corrected chi connectivity index (χ2v) is 3.79. The van der Waals surface area contributed by atoms with E-state index in [0.717, 1.165) is 5.56 Å². The minimum Gasteiger partial charge on any atom is -0.373 e. The Labute approximate surface area is 104 Å². The van der Waals surface area contributed by atoms with Gasteiger partial charge in [-0.15, -0.1) is 0 Å². The number of nitriles is 1. The summed E-state index contributed by atoms with van der Waals surface area (Å²) in [6.07, 6.45) is 1.41. The number of hydrogen-bond donors (Lipinski definition) is 1. The highest BCUT2D eigenvalue weighted by molar-refractivity contribution is 5.68. The molecule has 0 aliphatic carbocycles. The van der Waals surface area contributed by atoms with Crippen molar-refractivity contribution < 1.29 is 4.39 Å². The van der Waals surface area contributed by atoms with Gasteiger partial charge in [0.2, 0.25) is 0 Å². The summed E-state index contributed by atoms with van der Waals surface area (Å²) in [5.41, 5.74) is 2.27. The molecule has 0 spiro atoms. The van der Waals surface area contributed by atoms with Crippen LogP contribution >= 0.6 is 0 Å². The van der Waals surface area contributed by atoms with Gasteiger partial charge in [0.05, 0.1) is 17.3 Å². The van der Waals surface area contributed by atoms with Crippen LogP contribution in [0.5, 0.6) is 0 Å². The molecule has 0 bridgehead atoms. The lowest BCUT2D eigenvalue weighted by atomic mass is 10.0. The second-order valence-electron chi connectivity index (χ2n) is 3.79. The molecule has 0 atom stereocenters. The van der Waals surface area contributed by atoms with E-state index < -0.39 is 5.82 Å². The van der Waals surface area contributed by atoms with Crippen molar-refractivity contribution in [2.24, 2.45) is 0 Å². The molecule has 1 heterocycles. The molecule has 1 N–H and O–H groups in total. The van der Waals surface area contributed by atoms with Crippen LogP contribution in [0.15, 0.2) is 24.5 Å². The Balaban J connectivity index is 2.62. The van der Waals surface area contributed by atoms with E-state index in [1.165, 1.54) is 18.5 Å². The molecular formula is C13H11FN4. The number of nitrogens with zero attached hydrogens (tertiary/aromatic N) is 3. The summed E-state index contributed by atoms with van der Waals surface area (Å²) >= 11 is 0. The molecule has 2 aromatic rings. The Hall–Kier alpha value is -2.48. The fourth-order valence-corrected chi connectivity index (χ4v) is 1.78. The molecule has 0 fully saturated rings. The Morgan fingerprint density at radius 2 is 2.06 bits per heavy atom. The van der Waals surface area contributed by atoms with Crippen LogP contribution in [0.1, 0.15) is 11.1 Å². The maximum atomic E-state index is 13.4. The number of rotatable bonds is 2. The molecule has 0 aliphatic rings. The lowest BCUT2D eigenvalue weighted by Gasteiger charge is -2.09. The Bertz CT molecular complexity index is 631. The second kappa shape index (κ2) is 4.80.